The highest BCUT2D eigenvalue weighted by Crippen LogP contribution is 2.30. The van der Waals surface area contributed by atoms with Crippen LogP contribution in [0.1, 0.15) is 0 Å². The number of fused-ring (bicyclic) bond motifs is 3. The normalized spacial score (nSPS) is 11.2. The second-order valence-corrected chi connectivity index (χ2v) is 7.24. The summed E-state index contributed by atoms with van der Waals surface area (Å²) in [5.41, 5.74) is 0. The maximum atomic E-state index is 2.30. The predicted molar refractivity (Wildman–Crippen MR) is 84.3 cm³/mol. The highest BCUT2D eigenvalue weighted by atomic mass is 28.2. The molecule has 0 radical (unpaired) electrons. The van der Waals surface area contributed by atoms with E-state index < -0.39 is 8.40 Å². The molecular weight excluding hydrogens is 244 g/mol. The Morgan fingerprint density at radius 2 is 0.947 bits per heavy atom. The molecule has 90 valence electrons. The van der Waals surface area contributed by atoms with Crippen LogP contribution in [0.4, 0.5) is 0 Å². The first kappa shape index (κ1) is 10.8. The molecule has 0 saturated heterocycles. The molecule has 1 heteroatoms. The molecule has 0 aliphatic heterocycles. The Kier molecular flexibility index (Phi) is 2.39. The van der Waals surface area contributed by atoms with Crippen molar-refractivity contribution in [2.75, 3.05) is 0 Å². The highest BCUT2D eigenvalue weighted by molar-refractivity contribution is 6.86. The van der Waals surface area contributed by atoms with Gasteiger partial charge >= 0.3 is 0 Å². The van der Waals surface area contributed by atoms with Gasteiger partial charge in [0.2, 0.25) is 0 Å². The maximum absolute atomic E-state index is 2.30. The fourth-order valence-corrected chi connectivity index (χ4v) is 5.87. The van der Waals surface area contributed by atoms with Gasteiger partial charge in [-0.3, -0.25) is 0 Å². The van der Waals surface area contributed by atoms with Crippen LogP contribution in [-0.2, 0) is 0 Å². The fourth-order valence-electron chi connectivity index (χ4n) is 2.93. The number of hydrogen-bond acceptors (Lipinski definition) is 0. The summed E-state index contributed by atoms with van der Waals surface area (Å²) in [6.45, 7) is 0. The van der Waals surface area contributed by atoms with Gasteiger partial charge in [-0.25, -0.2) is 8.40 Å². The molecule has 1 heterocycles. The molecule has 0 bridgehead atoms. The minimum atomic E-state index is -0.803. The van der Waals surface area contributed by atoms with E-state index in [2.05, 4.69) is 78.9 Å². The van der Waals surface area contributed by atoms with E-state index in [1.807, 2.05) is 0 Å². The van der Waals surface area contributed by atoms with Crippen LogP contribution in [0.25, 0.3) is 26.0 Å². The molecule has 19 heavy (non-hydrogen) atoms. The van der Waals surface area contributed by atoms with Crippen LogP contribution in [0.5, 0.6) is 0 Å². The molecular formula is C18H13Si-. The van der Waals surface area contributed by atoms with E-state index in [1.54, 1.807) is 0 Å². The molecule has 0 atom stereocenters. The third-order valence-electron chi connectivity index (χ3n) is 3.75. The van der Waals surface area contributed by atoms with Gasteiger partial charge in [-0.05, 0) is 0 Å². The quantitative estimate of drug-likeness (QED) is 0.433. The van der Waals surface area contributed by atoms with Crippen molar-refractivity contribution in [2.24, 2.45) is 0 Å². The van der Waals surface area contributed by atoms with Crippen molar-refractivity contribution < 1.29 is 0 Å². The molecule has 4 aromatic rings. The molecule has 0 N–H and O–H groups in total. The Balaban J connectivity index is 2.24. The van der Waals surface area contributed by atoms with Crippen LogP contribution in [0.15, 0.2) is 78.9 Å². The van der Waals surface area contributed by atoms with Crippen LogP contribution in [0.3, 0.4) is 0 Å². The van der Waals surface area contributed by atoms with Gasteiger partial charge in [0.05, 0.1) is 0 Å². The third-order valence-corrected chi connectivity index (χ3v) is 6.61. The third kappa shape index (κ3) is 1.59. The van der Waals surface area contributed by atoms with Crippen molar-refractivity contribution in [1.29, 1.82) is 0 Å². The monoisotopic (exact) mass is 257 g/mol. The average Bonchev–Trinajstić information content (AvgIpc) is 2.83. The fraction of sp³-hybridized carbons (Fsp3) is 0. The van der Waals surface area contributed by atoms with Crippen molar-refractivity contribution in [2.45, 2.75) is 0 Å². The molecule has 0 unspecified atom stereocenters. The van der Waals surface area contributed by atoms with Gasteiger partial charge in [0.15, 0.2) is 0 Å². The van der Waals surface area contributed by atoms with E-state index in [9.17, 15) is 0 Å². The minimum absolute atomic E-state index is 0.803. The lowest BCUT2D eigenvalue weighted by Gasteiger charge is -2.15. The Hall–Kier alpha value is -2.12. The Bertz CT molecular complexity index is 803. The summed E-state index contributed by atoms with van der Waals surface area (Å²) >= 11 is 0. The van der Waals surface area contributed by atoms with Crippen LogP contribution < -0.4 is 0 Å². The lowest BCUT2D eigenvalue weighted by molar-refractivity contribution is 1.75. The van der Waals surface area contributed by atoms with Gasteiger partial charge in [0.1, 0.15) is 0 Å². The van der Waals surface area contributed by atoms with E-state index in [0.717, 1.165) is 0 Å². The molecule has 0 aliphatic rings. The summed E-state index contributed by atoms with van der Waals surface area (Å²) in [4.78, 5) is 3.06. The average molecular weight is 257 g/mol. The van der Waals surface area contributed by atoms with E-state index >= 15 is 0 Å². The summed E-state index contributed by atoms with van der Waals surface area (Å²) in [5.74, 6) is 0. The second kappa shape index (κ2) is 4.21. The summed E-state index contributed by atoms with van der Waals surface area (Å²) in [6.07, 6.45) is 0. The van der Waals surface area contributed by atoms with Crippen LogP contribution in [-0.4, -0.2) is 8.40 Å². The Morgan fingerprint density at radius 1 is 0.474 bits per heavy atom. The smallest absolute Gasteiger partial charge is 0.0510 e. The minimum Gasteiger partial charge on any atom is -0.217 e. The van der Waals surface area contributed by atoms with Crippen molar-refractivity contribution in [3.05, 3.63) is 78.9 Å². The summed E-state index contributed by atoms with van der Waals surface area (Å²) < 4.78 is 0. The second-order valence-electron chi connectivity index (χ2n) is 4.83. The number of hydrogen-bond donors (Lipinski definition) is 0. The summed E-state index contributed by atoms with van der Waals surface area (Å²) in [6, 6.07) is 28.7. The molecule has 0 spiro atoms. The SMILES string of the molecule is c1ccc(-[si-]2c3ccccc3c3ccccc32)cc1. The first-order valence-corrected chi connectivity index (χ1v) is 8.07. The first-order chi connectivity index (χ1) is 9.45. The molecule has 4 rings (SSSR count). The van der Waals surface area contributed by atoms with Crippen molar-refractivity contribution >= 4 is 29.2 Å². The highest BCUT2D eigenvalue weighted by Gasteiger charge is 2.01. The van der Waals surface area contributed by atoms with Gasteiger partial charge in [-0.15, -0.1) is 0 Å². The molecule has 1 aromatic heterocycles. The Labute approximate surface area is 113 Å². The van der Waals surface area contributed by atoms with Crippen molar-refractivity contribution in [3.63, 3.8) is 0 Å². The van der Waals surface area contributed by atoms with Crippen molar-refractivity contribution in [3.8, 4) is 5.19 Å². The molecule has 0 aliphatic carbocycles. The zero-order valence-corrected chi connectivity index (χ0v) is 11.5. The summed E-state index contributed by atoms with van der Waals surface area (Å²) in [7, 11) is -0.803. The van der Waals surface area contributed by atoms with Gasteiger partial charge < -0.3 is 0 Å². The largest absolute Gasteiger partial charge is 0.217 e. The lowest BCUT2D eigenvalue weighted by Crippen LogP contribution is -1.94. The molecule has 0 amide bonds. The molecule has 3 aromatic carbocycles. The predicted octanol–water partition coefficient (Wildman–Crippen LogP) is 4.73. The van der Waals surface area contributed by atoms with Gasteiger partial charge in [0, 0.05) is 0 Å². The van der Waals surface area contributed by atoms with Gasteiger partial charge in [0.25, 0.3) is 0 Å². The number of rotatable bonds is 1. The van der Waals surface area contributed by atoms with Crippen LogP contribution in [0.2, 0.25) is 0 Å². The standard InChI is InChI=1S/C18H13Si/c1-2-8-14(9-3-1)19-17-12-6-4-10-15(17)16-11-5-7-13-18(16)19/h1-13H/q-1. The molecule has 0 fully saturated rings. The Morgan fingerprint density at radius 3 is 1.53 bits per heavy atom. The zero-order chi connectivity index (χ0) is 12.7. The number of benzene rings is 3. The van der Waals surface area contributed by atoms with Gasteiger partial charge in [-0.2, -0.15) is 15.2 Å². The van der Waals surface area contributed by atoms with Crippen molar-refractivity contribution in [1.82, 2.24) is 0 Å². The molecule has 0 saturated carbocycles. The topological polar surface area (TPSA) is 0 Å². The van der Waals surface area contributed by atoms with E-state index in [0.29, 0.717) is 0 Å². The molecule has 0 nitrogen and oxygen atoms in total. The van der Waals surface area contributed by atoms with Gasteiger partial charge in [-0.1, -0.05) is 89.6 Å². The van der Waals surface area contributed by atoms with E-state index in [-0.39, 0.29) is 0 Å². The van der Waals surface area contributed by atoms with Crippen LogP contribution in [0, 0.1) is 0 Å². The maximum Gasteiger partial charge on any atom is -0.0510 e. The van der Waals surface area contributed by atoms with E-state index in [1.165, 1.54) is 26.0 Å². The zero-order valence-electron chi connectivity index (χ0n) is 10.5. The van der Waals surface area contributed by atoms with Crippen LogP contribution >= 0.6 is 0 Å². The van der Waals surface area contributed by atoms with E-state index in [4.69, 9.17) is 0 Å². The first-order valence-electron chi connectivity index (χ1n) is 6.57. The summed E-state index contributed by atoms with van der Waals surface area (Å²) in [5, 5.41) is 4.33. The lowest BCUT2D eigenvalue weighted by atomic mass is 10.2.